The average Bonchev–Trinajstić information content (AvgIpc) is 2.64. The molecule has 1 heteroatoms. The fourth-order valence-electron chi connectivity index (χ4n) is 6.26. The highest BCUT2D eigenvalue weighted by atomic mass is 14.8. The molecule has 1 nitrogen and oxygen atoms in total. The van der Waals surface area contributed by atoms with E-state index in [-0.39, 0.29) is 5.54 Å². The number of nitrogens with two attached hydrogens (primary N) is 1. The Hall–Kier alpha value is -0.0400. The molecule has 2 N–H and O–H groups in total. The van der Waals surface area contributed by atoms with E-state index in [1.165, 1.54) is 44.9 Å². The highest BCUT2D eigenvalue weighted by Crippen LogP contribution is 2.65. The van der Waals surface area contributed by atoms with Crippen LogP contribution in [0.3, 0.4) is 0 Å². The molecule has 0 heterocycles. The number of hydrogen-bond donors (Lipinski definition) is 1. The van der Waals surface area contributed by atoms with Crippen molar-refractivity contribution in [2.45, 2.75) is 69.7 Å². The topological polar surface area (TPSA) is 26.0 Å². The maximum absolute atomic E-state index is 6.86. The summed E-state index contributed by atoms with van der Waals surface area (Å²) in [5, 5.41) is 0. The van der Waals surface area contributed by atoms with Crippen LogP contribution in [0.25, 0.3) is 0 Å². The molecule has 4 bridgehead atoms. The molecule has 0 aromatic rings. The minimum Gasteiger partial charge on any atom is -0.325 e. The van der Waals surface area contributed by atoms with Gasteiger partial charge in [0.05, 0.1) is 0 Å². The van der Waals surface area contributed by atoms with Gasteiger partial charge >= 0.3 is 0 Å². The molecule has 5 aliphatic carbocycles. The van der Waals surface area contributed by atoms with Crippen LogP contribution in [0.1, 0.15) is 64.2 Å². The first kappa shape index (κ1) is 9.94. The molecular weight excluding hydrogens is 194 g/mol. The van der Waals surface area contributed by atoms with E-state index < -0.39 is 0 Å². The summed E-state index contributed by atoms with van der Waals surface area (Å²) in [6.07, 6.45) is 14.6. The van der Waals surface area contributed by atoms with Crippen LogP contribution in [0.2, 0.25) is 0 Å². The van der Waals surface area contributed by atoms with Gasteiger partial charge in [-0.05, 0) is 74.5 Å². The molecule has 0 saturated heterocycles. The Morgan fingerprint density at radius 1 is 0.750 bits per heavy atom. The van der Waals surface area contributed by atoms with E-state index in [1.54, 1.807) is 19.3 Å². The lowest BCUT2D eigenvalue weighted by Crippen LogP contribution is -2.61. The van der Waals surface area contributed by atoms with Gasteiger partial charge in [0.15, 0.2) is 0 Å². The van der Waals surface area contributed by atoms with Crippen LogP contribution in [0.15, 0.2) is 0 Å². The Balaban J connectivity index is 1.70. The third-order valence-electron chi connectivity index (χ3n) is 6.59. The monoisotopic (exact) mass is 219 g/mol. The van der Waals surface area contributed by atoms with Crippen LogP contribution in [-0.4, -0.2) is 5.54 Å². The predicted octanol–water partition coefficient (Wildman–Crippen LogP) is 3.47. The third-order valence-corrected chi connectivity index (χ3v) is 6.59. The first-order valence-electron chi connectivity index (χ1n) is 7.48. The summed E-state index contributed by atoms with van der Waals surface area (Å²) >= 11 is 0. The minimum atomic E-state index is 0.253. The summed E-state index contributed by atoms with van der Waals surface area (Å²) in [6.45, 7) is 0. The molecule has 0 radical (unpaired) electrons. The van der Waals surface area contributed by atoms with Gasteiger partial charge in [-0.3, -0.25) is 0 Å². The van der Waals surface area contributed by atoms with Crippen molar-refractivity contribution in [2.75, 3.05) is 0 Å². The van der Waals surface area contributed by atoms with Crippen LogP contribution >= 0.6 is 0 Å². The van der Waals surface area contributed by atoms with E-state index in [1.807, 2.05) is 0 Å². The van der Waals surface area contributed by atoms with Crippen LogP contribution in [0, 0.1) is 23.2 Å². The van der Waals surface area contributed by atoms with Gasteiger partial charge in [0.2, 0.25) is 0 Å². The van der Waals surface area contributed by atoms with Crippen LogP contribution < -0.4 is 5.73 Å². The van der Waals surface area contributed by atoms with Crippen molar-refractivity contribution in [1.82, 2.24) is 0 Å². The van der Waals surface area contributed by atoms with Gasteiger partial charge in [-0.2, -0.15) is 0 Å². The second kappa shape index (κ2) is 3.04. The highest BCUT2D eigenvalue weighted by molar-refractivity contribution is 5.13. The van der Waals surface area contributed by atoms with Crippen molar-refractivity contribution in [2.24, 2.45) is 28.9 Å². The van der Waals surface area contributed by atoms with E-state index >= 15 is 0 Å². The molecule has 5 saturated carbocycles. The first-order chi connectivity index (χ1) is 7.69. The molecule has 0 atom stereocenters. The first-order valence-corrected chi connectivity index (χ1v) is 7.48. The summed E-state index contributed by atoms with van der Waals surface area (Å²) < 4.78 is 0. The second-order valence-electron chi connectivity index (χ2n) is 7.56. The van der Waals surface area contributed by atoms with Gasteiger partial charge in [-0.1, -0.05) is 12.8 Å². The lowest BCUT2D eigenvalue weighted by atomic mass is 9.44. The van der Waals surface area contributed by atoms with Gasteiger partial charge in [0, 0.05) is 5.54 Å². The largest absolute Gasteiger partial charge is 0.325 e. The summed E-state index contributed by atoms with van der Waals surface area (Å²) in [5.41, 5.74) is 7.71. The maximum atomic E-state index is 6.86. The Morgan fingerprint density at radius 2 is 1.19 bits per heavy atom. The fraction of sp³-hybridized carbons (Fsp3) is 1.00. The Morgan fingerprint density at radius 3 is 1.62 bits per heavy atom. The number of hydrogen-bond acceptors (Lipinski definition) is 1. The zero-order valence-corrected chi connectivity index (χ0v) is 10.4. The standard InChI is InChI=1S/C15H25N/c16-15(3-1-2-4-15)14-8-11-5-12(9-14)7-13(6-11)10-14/h11-13H,1-10,16H2. The lowest BCUT2D eigenvalue weighted by molar-refractivity contribution is -0.0961. The van der Waals surface area contributed by atoms with E-state index in [0.29, 0.717) is 5.41 Å². The average molecular weight is 219 g/mol. The maximum Gasteiger partial charge on any atom is 0.0211 e. The summed E-state index contributed by atoms with van der Waals surface area (Å²) in [5.74, 6) is 3.19. The van der Waals surface area contributed by atoms with Crippen LogP contribution in [0.4, 0.5) is 0 Å². The minimum absolute atomic E-state index is 0.253. The zero-order valence-electron chi connectivity index (χ0n) is 10.4. The molecule has 16 heavy (non-hydrogen) atoms. The quantitative estimate of drug-likeness (QED) is 0.718. The molecule has 0 spiro atoms. The van der Waals surface area contributed by atoms with Gasteiger partial charge in [0.25, 0.3) is 0 Å². The van der Waals surface area contributed by atoms with E-state index in [0.717, 1.165) is 17.8 Å². The molecular formula is C15H25N. The van der Waals surface area contributed by atoms with Crippen LogP contribution in [0.5, 0.6) is 0 Å². The van der Waals surface area contributed by atoms with Gasteiger partial charge in [-0.15, -0.1) is 0 Å². The molecule has 90 valence electrons. The van der Waals surface area contributed by atoms with Crippen molar-refractivity contribution >= 4 is 0 Å². The molecule has 0 aromatic carbocycles. The fourth-order valence-corrected chi connectivity index (χ4v) is 6.26. The van der Waals surface area contributed by atoms with Crippen molar-refractivity contribution in [3.8, 4) is 0 Å². The smallest absolute Gasteiger partial charge is 0.0211 e. The molecule has 5 rings (SSSR count). The highest BCUT2D eigenvalue weighted by Gasteiger charge is 2.59. The van der Waals surface area contributed by atoms with E-state index in [9.17, 15) is 0 Å². The Labute approximate surface area is 99.2 Å². The summed E-state index contributed by atoms with van der Waals surface area (Å²) in [7, 11) is 0. The Bertz CT molecular complexity index is 265. The lowest BCUT2D eigenvalue weighted by Gasteiger charge is -2.62. The summed E-state index contributed by atoms with van der Waals surface area (Å²) in [6, 6.07) is 0. The van der Waals surface area contributed by atoms with Gasteiger partial charge in [0.1, 0.15) is 0 Å². The van der Waals surface area contributed by atoms with E-state index in [2.05, 4.69) is 0 Å². The van der Waals surface area contributed by atoms with Crippen LogP contribution in [-0.2, 0) is 0 Å². The SMILES string of the molecule is NC1(C23CC4CC(CC(C4)C2)C3)CCCC1. The predicted molar refractivity (Wildman–Crippen MR) is 66.0 cm³/mol. The van der Waals surface area contributed by atoms with E-state index in [4.69, 9.17) is 5.73 Å². The van der Waals surface area contributed by atoms with Crippen molar-refractivity contribution in [3.63, 3.8) is 0 Å². The Kier molecular flexibility index (Phi) is 1.89. The van der Waals surface area contributed by atoms with Gasteiger partial charge < -0.3 is 5.73 Å². The third kappa shape index (κ3) is 1.16. The van der Waals surface area contributed by atoms with Crippen molar-refractivity contribution in [3.05, 3.63) is 0 Å². The molecule has 5 fully saturated rings. The normalized spacial score (nSPS) is 53.4. The molecule has 0 aromatic heterocycles. The molecule has 0 aliphatic heterocycles. The van der Waals surface area contributed by atoms with Crippen molar-refractivity contribution < 1.29 is 0 Å². The van der Waals surface area contributed by atoms with Gasteiger partial charge in [-0.25, -0.2) is 0 Å². The zero-order chi connectivity index (χ0) is 10.8. The molecule has 0 unspecified atom stereocenters. The number of rotatable bonds is 1. The summed E-state index contributed by atoms with van der Waals surface area (Å²) in [4.78, 5) is 0. The second-order valence-corrected chi connectivity index (χ2v) is 7.56. The molecule has 5 aliphatic rings. The van der Waals surface area contributed by atoms with Crippen molar-refractivity contribution in [1.29, 1.82) is 0 Å². The molecule has 0 amide bonds.